The first-order valence-electron chi connectivity index (χ1n) is 9.15. The van der Waals surface area contributed by atoms with E-state index < -0.39 is 0 Å². The van der Waals surface area contributed by atoms with Crippen LogP contribution in [0.25, 0.3) is 0 Å². The summed E-state index contributed by atoms with van der Waals surface area (Å²) in [6.45, 7) is 3.92. The molecule has 0 bridgehead atoms. The Balaban J connectivity index is 1.46. The van der Waals surface area contributed by atoms with Gasteiger partial charge < -0.3 is 14.4 Å². The van der Waals surface area contributed by atoms with Crippen molar-refractivity contribution in [2.45, 2.75) is 38.2 Å². The van der Waals surface area contributed by atoms with Crippen molar-refractivity contribution < 1.29 is 14.3 Å². The van der Waals surface area contributed by atoms with Crippen LogP contribution in [-0.2, 0) is 9.47 Å². The average molecular weight is 330 g/mol. The smallest absolute Gasteiger partial charge is 0.253 e. The number of carbonyl (C=O) groups is 1. The zero-order valence-corrected chi connectivity index (χ0v) is 14.2. The predicted molar refractivity (Wildman–Crippen MR) is 89.7 cm³/mol. The minimum atomic E-state index is -0.0337. The molecule has 0 unspecified atom stereocenters. The summed E-state index contributed by atoms with van der Waals surface area (Å²) in [7, 11) is 0. The number of pyridine rings is 1. The molecule has 3 aliphatic rings. The van der Waals surface area contributed by atoms with Crippen LogP contribution in [0.1, 0.15) is 42.5 Å². The highest BCUT2D eigenvalue weighted by Gasteiger charge is 2.47. The lowest BCUT2D eigenvalue weighted by molar-refractivity contribution is -0.147. The highest BCUT2D eigenvalue weighted by atomic mass is 16.5. The molecule has 4 rings (SSSR count). The van der Waals surface area contributed by atoms with Crippen molar-refractivity contribution >= 4 is 5.91 Å². The lowest BCUT2D eigenvalue weighted by Crippen LogP contribution is -2.58. The summed E-state index contributed by atoms with van der Waals surface area (Å²) in [6, 6.07) is 3.59. The van der Waals surface area contributed by atoms with Gasteiger partial charge in [-0.2, -0.15) is 0 Å². The van der Waals surface area contributed by atoms with Crippen LogP contribution in [0, 0.1) is 11.3 Å². The van der Waals surface area contributed by atoms with Gasteiger partial charge in [0, 0.05) is 49.7 Å². The molecule has 3 heterocycles. The Kier molecular flexibility index (Phi) is 4.55. The summed E-state index contributed by atoms with van der Waals surface area (Å²) in [4.78, 5) is 18.8. The Hall–Kier alpha value is -1.46. The van der Waals surface area contributed by atoms with Crippen molar-refractivity contribution in [3.8, 4) is 0 Å². The second-order valence-electron chi connectivity index (χ2n) is 7.54. The van der Waals surface area contributed by atoms with Gasteiger partial charge in [0.05, 0.1) is 12.7 Å². The molecule has 0 spiro atoms. The summed E-state index contributed by atoms with van der Waals surface area (Å²) in [6.07, 6.45) is 9.24. The molecule has 0 radical (unpaired) electrons. The van der Waals surface area contributed by atoms with Gasteiger partial charge >= 0.3 is 0 Å². The maximum Gasteiger partial charge on any atom is 0.253 e. The number of hydrogen-bond acceptors (Lipinski definition) is 4. The van der Waals surface area contributed by atoms with Crippen molar-refractivity contribution in [2.24, 2.45) is 11.3 Å². The van der Waals surface area contributed by atoms with Crippen molar-refractivity contribution in [2.75, 3.05) is 32.9 Å². The summed E-state index contributed by atoms with van der Waals surface area (Å²) in [5.74, 6) is 0.866. The highest BCUT2D eigenvalue weighted by molar-refractivity contribution is 5.94. The van der Waals surface area contributed by atoms with Gasteiger partial charge in [-0.25, -0.2) is 0 Å². The molecule has 0 aromatic carbocycles. The molecule has 1 aliphatic carbocycles. The fourth-order valence-electron chi connectivity index (χ4n) is 4.06. The zero-order chi connectivity index (χ0) is 16.4. The minimum absolute atomic E-state index is 0.0337. The third kappa shape index (κ3) is 3.33. The van der Waals surface area contributed by atoms with Gasteiger partial charge in [-0.15, -0.1) is 0 Å². The molecule has 24 heavy (non-hydrogen) atoms. The third-order valence-corrected chi connectivity index (χ3v) is 5.64. The van der Waals surface area contributed by atoms with Crippen molar-refractivity contribution in [1.82, 2.24) is 9.88 Å². The number of hydrogen-bond donors (Lipinski definition) is 0. The lowest BCUT2D eigenvalue weighted by atomic mass is 9.73. The second-order valence-corrected chi connectivity index (χ2v) is 7.54. The predicted octanol–water partition coefficient (Wildman–Crippen LogP) is 2.52. The molecule has 2 aliphatic heterocycles. The third-order valence-electron chi connectivity index (χ3n) is 5.64. The van der Waals surface area contributed by atoms with Crippen LogP contribution in [0.4, 0.5) is 0 Å². The standard InChI is InChI=1S/C19H26N2O3/c22-18(16-4-8-20-9-5-16)21-10-6-17-19(13-21,7-1-11-24-17)14-23-12-15-2-3-15/h4-5,8-9,15,17H,1-3,6-7,10-14H2/t17-,19+/m0/s1. The van der Waals surface area contributed by atoms with Crippen molar-refractivity contribution in [3.63, 3.8) is 0 Å². The zero-order valence-electron chi connectivity index (χ0n) is 14.2. The molecular formula is C19H26N2O3. The first kappa shape index (κ1) is 16.0. The molecule has 5 nitrogen and oxygen atoms in total. The van der Waals surface area contributed by atoms with Crippen LogP contribution < -0.4 is 0 Å². The molecule has 3 fully saturated rings. The van der Waals surface area contributed by atoms with E-state index in [0.29, 0.717) is 12.2 Å². The largest absolute Gasteiger partial charge is 0.380 e. The first-order valence-corrected chi connectivity index (χ1v) is 9.15. The average Bonchev–Trinajstić information content (AvgIpc) is 3.45. The summed E-state index contributed by atoms with van der Waals surface area (Å²) in [5.41, 5.74) is 0.683. The van der Waals surface area contributed by atoms with Gasteiger partial charge in [0.25, 0.3) is 5.91 Å². The molecule has 1 aromatic rings. The van der Waals surface area contributed by atoms with E-state index in [-0.39, 0.29) is 17.4 Å². The topological polar surface area (TPSA) is 51.7 Å². The summed E-state index contributed by atoms with van der Waals surface area (Å²) in [5, 5.41) is 0. The molecule has 2 atom stereocenters. The van der Waals surface area contributed by atoms with Crippen LogP contribution >= 0.6 is 0 Å². The lowest BCUT2D eigenvalue weighted by Gasteiger charge is -2.50. The SMILES string of the molecule is O=C(c1ccncc1)N1CC[C@@H]2OCCC[C@]2(COCC2CC2)C1. The van der Waals surface area contributed by atoms with Crippen molar-refractivity contribution in [3.05, 3.63) is 30.1 Å². The van der Waals surface area contributed by atoms with E-state index in [2.05, 4.69) is 4.98 Å². The molecule has 1 aromatic heterocycles. The van der Waals surface area contributed by atoms with Crippen LogP contribution in [0.3, 0.4) is 0 Å². The Labute approximate surface area is 143 Å². The minimum Gasteiger partial charge on any atom is -0.380 e. The number of likely N-dealkylation sites (tertiary alicyclic amines) is 1. The van der Waals surface area contributed by atoms with E-state index >= 15 is 0 Å². The molecule has 2 saturated heterocycles. The molecule has 0 N–H and O–H groups in total. The van der Waals surface area contributed by atoms with E-state index in [1.54, 1.807) is 24.5 Å². The van der Waals surface area contributed by atoms with Gasteiger partial charge in [0.15, 0.2) is 0 Å². The summed E-state index contributed by atoms with van der Waals surface area (Å²) < 4.78 is 12.1. The maximum absolute atomic E-state index is 12.8. The van der Waals surface area contributed by atoms with E-state index in [1.165, 1.54) is 12.8 Å². The fourth-order valence-corrected chi connectivity index (χ4v) is 4.06. The van der Waals surface area contributed by atoms with Gasteiger partial charge in [0.2, 0.25) is 0 Å². The Morgan fingerprint density at radius 1 is 1.33 bits per heavy atom. The van der Waals surface area contributed by atoms with Gasteiger partial charge in [0.1, 0.15) is 0 Å². The quantitative estimate of drug-likeness (QED) is 0.832. The second kappa shape index (κ2) is 6.81. The number of fused-ring (bicyclic) bond motifs is 1. The first-order chi connectivity index (χ1) is 11.8. The van der Waals surface area contributed by atoms with Gasteiger partial charge in [-0.05, 0) is 50.2 Å². The highest BCUT2D eigenvalue weighted by Crippen LogP contribution is 2.41. The Morgan fingerprint density at radius 2 is 2.17 bits per heavy atom. The van der Waals surface area contributed by atoms with Crippen LogP contribution in [0.15, 0.2) is 24.5 Å². The normalized spacial score (nSPS) is 30.0. The molecule has 130 valence electrons. The van der Waals surface area contributed by atoms with E-state index in [9.17, 15) is 4.79 Å². The number of ether oxygens (including phenoxy) is 2. The Bertz CT molecular complexity index is 575. The van der Waals surface area contributed by atoms with Gasteiger partial charge in [-0.3, -0.25) is 9.78 Å². The fraction of sp³-hybridized carbons (Fsp3) is 0.684. The van der Waals surface area contributed by atoms with E-state index in [1.807, 2.05) is 4.90 Å². The van der Waals surface area contributed by atoms with Crippen molar-refractivity contribution in [1.29, 1.82) is 0 Å². The van der Waals surface area contributed by atoms with Crippen LogP contribution in [-0.4, -0.2) is 54.8 Å². The number of rotatable bonds is 5. The monoisotopic (exact) mass is 330 g/mol. The van der Waals surface area contributed by atoms with Crippen LogP contribution in [0.2, 0.25) is 0 Å². The number of piperidine rings is 1. The molecule has 1 saturated carbocycles. The number of amides is 1. The Morgan fingerprint density at radius 3 is 2.96 bits per heavy atom. The molecule has 1 amide bonds. The maximum atomic E-state index is 12.8. The van der Waals surface area contributed by atoms with E-state index in [4.69, 9.17) is 9.47 Å². The van der Waals surface area contributed by atoms with Crippen LogP contribution in [0.5, 0.6) is 0 Å². The summed E-state index contributed by atoms with van der Waals surface area (Å²) >= 11 is 0. The van der Waals surface area contributed by atoms with E-state index in [0.717, 1.165) is 51.5 Å². The molecular weight excluding hydrogens is 304 g/mol. The number of aromatic nitrogens is 1. The van der Waals surface area contributed by atoms with Gasteiger partial charge in [-0.1, -0.05) is 0 Å². The number of nitrogens with zero attached hydrogens (tertiary/aromatic N) is 2. The number of carbonyl (C=O) groups excluding carboxylic acids is 1. The molecule has 5 heteroatoms.